The second-order valence-corrected chi connectivity index (χ2v) is 6.78. The van der Waals surface area contributed by atoms with Crippen LogP contribution in [0.25, 0.3) is 5.65 Å². The highest BCUT2D eigenvalue weighted by Gasteiger charge is 2.16. The molecular weight excluding hydrogens is 338 g/mol. The highest BCUT2D eigenvalue weighted by molar-refractivity contribution is 5.56. The molecule has 1 aromatic carbocycles. The highest BCUT2D eigenvalue weighted by atomic mass is 15.3. The van der Waals surface area contributed by atoms with Crippen molar-refractivity contribution in [3.63, 3.8) is 0 Å². The minimum Gasteiger partial charge on any atom is -0.363 e. The third-order valence-electron chi connectivity index (χ3n) is 4.82. The Morgan fingerprint density at radius 3 is 2.67 bits per heavy atom. The zero-order valence-electron chi connectivity index (χ0n) is 15.8. The number of rotatable bonds is 6. The van der Waals surface area contributed by atoms with Crippen molar-refractivity contribution in [2.75, 3.05) is 5.32 Å². The molecule has 0 saturated carbocycles. The SMILES string of the molecule is Cc1cc(N[C@@H](CCn2cncn2)c2ccccc2)n2nc(C)c(C)c2n1. The van der Waals surface area contributed by atoms with E-state index in [0.29, 0.717) is 0 Å². The highest BCUT2D eigenvalue weighted by Crippen LogP contribution is 2.25. The number of hydrogen-bond donors (Lipinski definition) is 1. The van der Waals surface area contributed by atoms with E-state index in [4.69, 9.17) is 0 Å². The molecule has 0 fully saturated rings. The van der Waals surface area contributed by atoms with E-state index in [1.54, 1.807) is 12.7 Å². The van der Waals surface area contributed by atoms with Crippen molar-refractivity contribution >= 4 is 11.5 Å². The van der Waals surface area contributed by atoms with Gasteiger partial charge in [0.05, 0.1) is 11.7 Å². The van der Waals surface area contributed by atoms with Crippen LogP contribution in [0.4, 0.5) is 5.82 Å². The molecule has 27 heavy (non-hydrogen) atoms. The van der Waals surface area contributed by atoms with Crippen LogP contribution in [0.2, 0.25) is 0 Å². The van der Waals surface area contributed by atoms with Crippen molar-refractivity contribution in [3.05, 3.63) is 71.6 Å². The van der Waals surface area contributed by atoms with Crippen LogP contribution >= 0.6 is 0 Å². The van der Waals surface area contributed by atoms with E-state index < -0.39 is 0 Å². The fourth-order valence-electron chi connectivity index (χ4n) is 3.25. The fourth-order valence-corrected chi connectivity index (χ4v) is 3.25. The topological polar surface area (TPSA) is 72.9 Å². The van der Waals surface area contributed by atoms with Crippen LogP contribution in [0.1, 0.15) is 35.0 Å². The quantitative estimate of drug-likeness (QED) is 0.569. The van der Waals surface area contributed by atoms with Crippen molar-refractivity contribution in [1.82, 2.24) is 29.4 Å². The average Bonchev–Trinajstić information content (AvgIpc) is 3.29. The summed E-state index contributed by atoms with van der Waals surface area (Å²) in [6.45, 7) is 6.87. The lowest BCUT2D eigenvalue weighted by atomic mass is 10.0. The zero-order valence-corrected chi connectivity index (χ0v) is 15.8. The molecule has 4 aromatic rings. The van der Waals surface area contributed by atoms with Gasteiger partial charge in [-0.1, -0.05) is 30.3 Å². The number of nitrogens with one attached hydrogen (secondary N) is 1. The average molecular weight is 361 g/mol. The van der Waals surface area contributed by atoms with Gasteiger partial charge in [0.25, 0.3) is 0 Å². The lowest BCUT2D eigenvalue weighted by molar-refractivity contribution is 0.536. The molecule has 1 N–H and O–H groups in total. The lowest BCUT2D eigenvalue weighted by Gasteiger charge is -2.21. The fraction of sp³-hybridized carbons (Fsp3) is 0.300. The van der Waals surface area contributed by atoms with Crippen LogP contribution in [0.15, 0.2) is 49.1 Å². The molecule has 0 amide bonds. The Bertz CT molecular complexity index is 1040. The normalized spacial score (nSPS) is 12.4. The summed E-state index contributed by atoms with van der Waals surface area (Å²) in [6.07, 6.45) is 4.18. The number of fused-ring (bicyclic) bond motifs is 1. The molecule has 3 aromatic heterocycles. The number of benzene rings is 1. The molecule has 0 aliphatic rings. The Balaban J connectivity index is 1.69. The van der Waals surface area contributed by atoms with Crippen LogP contribution < -0.4 is 5.32 Å². The van der Waals surface area contributed by atoms with Crippen molar-refractivity contribution in [3.8, 4) is 0 Å². The molecule has 7 heteroatoms. The first-order valence-corrected chi connectivity index (χ1v) is 9.09. The number of aryl methyl sites for hydroxylation is 4. The predicted octanol–water partition coefficient (Wildman–Crippen LogP) is 3.49. The Morgan fingerprint density at radius 1 is 1.11 bits per heavy atom. The molecule has 0 aliphatic heterocycles. The van der Waals surface area contributed by atoms with Gasteiger partial charge in [-0.25, -0.2) is 9.97 Å². The summed E-state index contributed by atoms with van der Waals surface area (Å²) >= 11 is 0. The van der Waals surface area contributed by atoms with Gasteiger partial charge in [0.2, 0.25) is 0 Å². The summed E-state index contributed by atoms with van der Waals surface area (Å²) in [5, 5.41) is 12.6. The standard InChI is InChI=1S/C20H23N7/c1-14-11-19(27-20(23-14)15(2)16(3)25-27)24-18(17-7-5-4-6-8-17)9-10-26-13-21-12-22-26/h4-8,11-13,18,24H,9-10H2,1-3H3/t18-/m0/s1. The van der Waals surface area contributed by atoms with Gasteiger partial charge >= 0.3 is 0 Å². The third-order valence-corrected chi connectivity index (χ3v) is 4.82. The molecule has 0 bridgehead atoms. The van der Waals surface area contributed by atoms with E-state index in [-0.39, 0.29) is 6.04 Å². The van der Waals surface area contributed by atoms with Crippen molar-refractivity contribution in [2.24, 2.45) is 0 Å². The lowest BCUT2D eigenvalue weighted by Crippen LogP contribution is -2.16. The molecule has 1 atom stereocenters. The molecular formula is C20H23N7. The maximum Gasteiger partial charge on any atom is 0.160 e. The zero-order chi connectivity index (χ0) is 18.8. The van der Waals surface area contributed by atoms with Gasteiger partial charge in [0.1, 0.15) is 18.5 Å². The van der Waals surface area contributed by atoms with Gasteiger partial charge in [-0.05, 0) is 32.8 Å². The maximum absolute atomic E-state index is 4.67. The van der Waals surface area contributed by atoms with Crippen LogP contribution in [0.3, 0.4) is 0 Å². The van der Waals surface area contributed by atoms with E-state index in [9.17, 15) is 0 Å². The van der Waals surface area contributed by atoms with Gasteiger partial charge in [0.15, 0.2) is 5.65 Å². The first-order valence-electron chi connectivity index (χ1n) is 9.09. The summed E-state index contributed by atoms with van der Waals surface area (Å²) in [5.41, 5.74) is 5.20. The number of aromatic nitrogens is 6. The first kappa shape index (κ1) is 17.2. The molecule has 4 rings (SSSR count). The van der Waals surface area contributed by atoms with Crippen LogP contribution in [-0.2, 0) is 6.54 Å². The van der Waals surface area contributed by atoms with E-state index in [0.717, 1.165) is 41.4 Å². The Kier molecular flexibility index (Phi) is 4.58. The second-order valence-electron chi connectivity index (χ2n) is 6.78. The molecule has 7 nitrogen and oxygen atoms in total. The van der Waals surface area contributed by atoms with E-state index in [1.165, 1.54) is 5.56 Å². The number of anilines is 1. The van der Waals surface area contributed by atoms with Crippen LogP contribution in [0.5, 0.6) is 0 Å². The summed E-state index contributed by atoms with van der Waals surface area (Å²) in [6, 6.07) is 12.6. The molecule has 0 spiro atoms. The van der Waals surface area contributed by atoms with Gasteiger partial charge in [-0.2, -0.15) is 14.7 Å². The van der Waals surface area contributed by atoms with E-state index >= 15 is 0 Å². The van der Waals surface area contributed by atoms with Crippen molar-refractivity contribution in [2.45, 2.75) is 39.8 Å². The summed E-state index contributed by atoms with van der Waals surface area (Å²) in [7, 11) is 0. The van der Waals surface area contributed by atoms with Gasteiger partial charge < -0.3 is 5.32 Å². The van der Waals surface area contributed by atoms with Crippen LogP contribution in [-0.4, -0.2) is 29.4 Å². The Morgan fingerprint density at radius 2 is 1.93 bits per heavy atom. The molecule has 0 unspecified atom stereocenters. The van der Waals surface area contributed by atoms with Gasteiger partial charge in [0, 0.05) is 23.9 Å². The minimum atomic E-state index is 0.116. The Labute approximate surface area is 158 Å². The molecule has 138 valence electrons. The largest absolute Gasteiger partial charge is 0.363 e. The Hall–Kier alpha value is -3.22. The molecule has 0 aliphatic carbocycles. The smallest absolute Gasteiger partial charge is 0.160 e. The summed E-state index contributed by atoms with van der Waals surface area (Å²) in [4.78, 5) is 8.69. The number of hydrogen-bond acceptors (Lipinski definition) is 5. The second kappa shape index (κ2) is 7.19. The molecule has 0 saturated heterocycles. The van der Waals surface area contributed by atoms with Crippen molar-refractivity contribution < 1.29 is 0 Å². The van der Waals surface area contributed by atoms with Gasteiger partial charge in [-0.3, -0.25) is 4.68 Å². The minimum absolute atomic E-state index is 0.116. The third kappa shape index (κ3) is 3.53. The maximum atomic E-state index is 4.67. The molecule has 3 heterocycles. The van der Waals surface area contributed by atoms with E-state index in [2.05, 4.69) is 56.7 Å². The van der Waals surface area contributed by atoms with E-state index in [1.807, 2.05) is 35.2 Å². The monoisotopic (exact) mass is 361 g/mol. The van der Waals surface area contributed by atoms with Crippen LogP contribution in [0, 0.1) is 20.8 Å². The van der Waals surface area contributed by atoms with Crippen molar-refractivity contribution in [1.29, 1.82) is 0 Å². The molecule has 0 radical (unpaired) electrons. The predicted molar refractivity (Wildman–Crippen MR) is 105 cm³/mol. The summed E-state index contributed by atoms with van der Waals surface area (Å²) < 4.78 is 3.76. The number of nitrogens with zero attached hydrogens (tertiary/aromatic N) is 6. The summed E-state index contributed by atoms with van der Waals surface area (Å²) in [5.74, 6) is 0.946. The van der Waals surface area contributed by atoms with Gasteiger partial charge in [-0.15, -0.1) is 0 Å². The first-order chi connectivity index (χ1) is 13.1.